The minimum atomic E-state index is -0.426. The number of carbonyl (C=O) groups is 2. The van der Waals surface area contributed by atoms with Gasteiger partial charge in [0.05, 0.1) is 10.0 Å². The molecule has 23 heavy (non-hydrogen) atoms. The standard InChI is InChI=1S/C17H14Br2O4/c1-10(20)12-9-13(18)17(15(19)16(12)22)23-14(21)8-7-11-5-3-2-4-6-11/h2-6,9,22H,7-8H2,1H3. The fourth-order valence-electron chi connectivity index (χ4n) is 2.01. The normalized spacial score (nSPS) is 10.4. The van der Waals surface area contributed by atoms with Gasteiger partial charge < -0.3 is 9.84 Å². The lowest BCUT2D eigenvalue weighted by Crippen LogP contribution is -2.10. The Kier molecular flexibility index (Phi) is 5.96. The number of phenolic OH excluding ortho intramolecular Hbond substituents is 1. The summed E-state index contributed by atoms with van der Waals surface area (Å²) >= 11 is 6.42. The summed E-state index contributed by atoms with van der Waals surface area (Å²) < 4.78 is 5.90. The maximum atomic E-state index is 12.0. The summed E-state index contributed by atoms with van der Waals surface area (Å²) in [6, 6.07) is 11.0. The molecule has 0 aliphatic heterocycles. The highest BCUT2D eigenvalue weighted by atomic mass is 79.9. The average Bonchev–Trinajstić information content (AvgIpc) is 2.53. The number of hydrogen-bond donors (Lipinski definition) is 1. The highest BCUT2D eigenvalue weighted by Gasteiger charge is 2.20. The number of hydrogen-bond acceptors (Lipinski definition) is 4. The molecule has 6 heteroatoms. The summed E-state index contributed by atoms with van der Waals surface area (Å²) in [5.74, 6) is -0.798. The molecule has 0 unspecified atom stereocenters. The molecule has 0 aliphatic rings. The summed E-state index contributed by atoms with van der Waals surface area (Å²) in [6.45, 7) is 1.35. The Balaban J connectivity index is 2.12. The number of ketones is 1. The third kappa shape index (κ3) is 4.42. The van der Waals surface area contributed by atoms with Gasteiger partial charge in [0, 0.05) is 6.42 Å². The van der Waals surface area contributed by atoms with Gasteiger partial charge in [0.1, 0.15) is 10.2 Å². The van der Waals surface area contributed by atoms with Crippen LogP contribution in [-0.4, -0.2) is 16.9 Å². The molecule has 2 rings (SSSR count). The van der Waals surface area contributed by atoms with E-state index in [1.165, 1.54) is 13.0 Å². The van der Waals surface area contributed by atoms with Crippen molar-refractivity contribution in [3.8, 4) is 11.5 Å². The van der Waals surface area contributed by atoms with Crippen molar-refractivity contribution in [2.45, 2.75) is 19.8 Å². The van der Waals surface area contributed by atoms with Gasteiger partial charge in [0.15, 0.2) is 11.5 Å². The predicted molar refractivity (Wildman–Crippen MR) is 93.9 cm³/mol. The number of aryl methyl sites for hydroxylation is 1. The van der Waals surface area contributed by atoms with Crippen molar-refractivity contribution >= 4 is 43.6 Å². The fraction of sp³-hybridized carbons (Fsp3) is 0.176. The van der Waals surface area contributed by atoms with Crippen molar-refractivity contribution in [2.24, 2.45) is 0 Å². The molecule has 2 aromatic carbocycles. The Morgan fingerprint density at radius 1 is 1.17 bits per heavy atom. The average molecular weight is 442 g/mol. The van der Waals surface area contributed by atoms with Crippen molar-refractivity contribution in [3.63, 3.8) is 0 Å². The topological polar surface area (TPSA) is 63.6 Å². The number of Topliss-reactive ketones (excluding diaryl/α,β-unsaturated/α-hetero) is 1. The SMILES string of the molecule is CC(=O)c1cc(Br)c(OC(=O)CCc2ccccc2)c(Br)c1O. The molecule has 0 atom stereocenters. The smallest absolute Gasteiger partial charge is 0.311 e. The van der Waals surface area contributed by atoms with Gasteiger partial charge in [-0.15, -0.1) is 0 Å². The van der Waals surface area contributed by atoms with Crippen LogP contribution in [0, 0.1) is 0 Å². The summed E-state index contributed by atoms with van der Waals surface area (Å²) in [7, 11) is 0. The number of aromatic hydroxyl groups is 1. The van der Waals surface area contributed by atoms with Crippen LogP contribution in [0.15, 0.2) is 45.3 Å². The van der Waals surface area contributed by atoms with Gasteiger partial charge in [0.25, 0.3) is 0 Å². The van der Waals surface area contributed by atoms with Crippen LogP contribution in [0.3, 0.4) is 0 Å². The lowest BCUT2D eigenvalue weighted by atomic mass is 10.1. The van der Waals surface area contributed by atoms with E-state index in [2.05, 4.69) is 31.9 Å². The van der Waals surface area contributed by atoms with Crippen LogP contribution in [0.4, 0.5) is 0 Å². The van der Waals surface area contributed by atoms with Crippen LogP contribution in [0.1, 0.15) is 29.3 Å². The molecule has 0 aliphatic carbocycles. The van der Waals surface area contributed by atoms with Gasteiger partial charge in [-0.2, -0.15) is 0 Å². The number of rotatable bonds is 5. The number of benzene rings is 2. The number of phenols is 1. The predicted octanol–water partition coefficient (Wildman–Crippen LogP) is 4.66. The van der Waals surface area contributed by atoms with Crippen molar-refractivity contribution in [2.75, 3.05) is 0 Å². The van der Waals surface area contributed by atoms with E-state index in [1.54, 1.807) is 0 Å². The molecule has 0 aromatic heterocycles. The zero-order chi connectivity index (χ0) is 17.0. The third-order valence-corrected chi connectivity index (χ3v) is 4.53. The van der Waals surface area contributed by atoms with Gasteiger partial charge in [-0.1, -0.05) is 30.3 Å². The number of halogens is 2. The summed E-state index contributed by atoms with van der Waals surface area (Å²) in [6.07, 6.45) is 0.768. The van der Waals surface area contributed by atoms with Crippen molar-refractivity contribution < 1.29 is 19.4 Å². The Morgan fingerprint density at radius 2 is 1.83 bits per heavy atom. The molecule has 0 spiro atoms. The van der Waals surface area contributed by atoms with E-state index in [0.29, 0.717) is 10.9 Å². The zero-order valence-corrected chi connectivity index (χ0v) is 15.5. The summed E-state index contributed by atoms with van der Waals surface area (Å²) in [5.41, 5.74) is 1.19. The molecule has 0 bridgehead atoms. The third-order valence-electron chi connectivity index (χ3n) is 3.21. The molecular weight excluding hydrogens is 428 g/mol. The Hall–Kier alpha value is -1.66. The first-order chi connectivity index (χ1) is 10.9. The van der Waals surface area contributed by atoms with Gasteiger partial charge in [-0.25, -0.2) is 0 Å². The van der Waals surface area contributed by atoms with Crippen molar-refractivity contribution in [3.05, 3.63) is 56.5 Å². The second-order valence-corrected chi connectivity index (χ2v) is 6.56. The van der Waals surface area contributed by atoms with Crippen molar-refractivity contribution in [1.82, 2.24) is 0 Å². The van der Waals surface area contributed by atoms with Crippen LogP contribution in [0.25, 0.3) is 0 Å². The first kappa shape index (κ1) is 17.7. The zero-order valence-electron chi connectivity index (χ0n) is 12.3. The number of esters is 1. The molecule has 4 nitrogen and oxygen atoms in total. The van der Waals surface area contributed by atoms with E-state index >= 15 is 0 Å². The van der Waals surface area contributed by atoms with Gasteiger partial charge in [0.2, 0.25) is 0 Å². The fourth-order valence-corrected chi connectivity index (χ4v) is 3.29. The minimum Gasteiger partial charge on any atom is -0.506 e. The Labute approximate surface area is 150 Å². The lowest BCUT2D eigenvalue weighted by Gasteiger charge is -2.12. The first-order valence-corrected chi connectivity index (χ1v) is 8.45. The monoisotopic (exact) mass is 440 g/mol. The minimum absolute atomic E-state index is 0.146. The second kappa shape index (κ2) is 7.75. The molecule has 0 amide bonds. The van der Waals surface area contributed by atoms with Crippen LogP contribution in [0.2, 0.25) is 0 Å². The quantitative estimate of drug-likeness (QED) is 0.416. The molecule has 1 N–H and O–H groups in total. The van der Waals surface area contributed by atoms with Crippen LogP contribution in [0.5, 0.6) is 11.5 Å². The van der Waals surface area contributed by atoms with E-state index in [9.17, 15) is 14.7 Å². The molecule has 0 heterocycles. The maximum absolute atomic E-state index is 12.0. The highest BCUT2D eigenvalue weighted by molar-refractivity contribution is 9.11. The summed E-state index contributed by atoms with van der Waals surface area (Å²) in [4.78, 5) is 23.5. The van der Waals surface area contributed by atoms with E-state index in [-0.39, 0.29) is 33.7 Å². The maximum Gasteiger partial charge on any atom is 0.311 e. The Morgan fingerprint density at radius 3 is 2.43 bits per heavy atom. The van der Waals surface area contributed by atoms with Crippen LogP contribution >= 0.6 is 31.9 Å². The molecule has 0 saturated carbocycles. The van der Waals surface area contributed by atoms with E-state index in [4.69, 9.17) is 4.74 Å². The van der Waals surface area contributed by atoms with E-state index in [0.717, 1.165) is 5.56 Å². The second-order valence-electron chi connectivity index (χ2n) is 4.91. The molecule has 2 aromatic rings. The van der Waals surface area contributed by atoms with E-state index < -0.39 is 5.97 Å². The summed E-state index contributed by atoms with van der Waals surface area (Å²) in [5, 5.41) is 10.0. The van der Waals surface area contributed by atoms with Gasteiger partial charge in [-0.05, 0) is 56.8 Å². The van der Waals surface area contributed by atoms with Gasteiger partial charge in [-0.3, -0.25) is 9.59 Å². The number of ether oxygens (including phenoxy) is 1. The largest absolute Gasteiger partial charge is 0.506 e. The van der Waals surface area contributed by atoms with Crippen molar-refractivity contribution in [1.29, 1.82) is 0 Å². The highest BCUT2D eigenvalue weighted by Crippen LogP contribution is 2.42. The molecular formula is C17H14Br2O4. The Bertz CT molecular complexity index is 742. The first-order valence-electron chi connectivity index (χ1n) is 6.86. The molecule has 120 valence electrons. The molecule has 0 fully saturated rings. The number of carbonyl (C=O) groups excluding carboxylic acids is 2. The van der Waals surface area contributed by atoms with E-state index in [1.807, 2.05) is 30.3 Å². The molecule has 0 saturated heterocycles. The van der Waals surface area contributed by atoms with Gasteiger partial charge >= 0.3 is 5.97 Å². The van der Waals surface area contributed by atoms with Crippen LogP contribution in [-0.2, 0) is 11.2 Å². The molecule has 0 radical (unpaired) electrons. The lowest BCUT2D eigenvalue weighted by molar-refractivity contribution is -0.134. The van der Waals surface area contributed by atoms with Crippen LogP contribution < -0.4 is 4.74 Å².